The number of nitrogens with zero attached hydrogens (tertiary/aromatic N) is 3. The van der Waals surface area contributed by atoms with Gasteiger partial charge >= 0.3 is 6.18 Å². The van der Waals surface area contributed by atoms with Crippen LogP contribution < -0.4 is 5.73 Å². The molecule has 5 nitrogen and oxygen atoms in total. The number of carbonyl (C=O) groups excluding carboxylic acids is 1. The van der Waals surface area contributed by atoms with Gasteiger partial charge in [0.25, 0.3) is 0 Å². The van der Waals surface area contributed by atoms with E-state index in [0.717, 1.165) is 23.9 Å². The van der Waals surface area contributed by atoms with Gasteiger partial charge in [0.15, 0.2) is 11.0 Å². The van der Waals surface area contributed by atoms with Crippen LogP contribution in [0.5, 0.6) is 0 Å². The number of benzene rings is 2. The number of aromatic nitrogens is 3. The molecule has 2 aromatic carbocycles. The first-order valence-corrected chi connectivity index (χ1v) is 8.93. The van der Waals surface area contributed by atoms with E-state index in [4.69, 9.17) is 17.3 Å². The highest BCUT2D eigenvalue weighted by atomic mass is 35.5. The molecule has 3 rings (SSSR count). The van der Waals surface area contributed by atoms with Gasteiger partial charge in [0, 0.05) is 5.56 Å². The van der Waals surface area contributed by atoms with Crippen LogP contribution in [0.4, 0.5) is 13.2 Å². The van der Waals surface area contributed by atoms with Crippen molar-refractivity contribution < 1.29 is 18.0 Å². The van der Waals surface area contributed by atoms with E-state index in [2.05, 4.69) is 10.2 Å². The summed E-state index contributed by atoms with van der Waals surface area (Å²) in [6, 6.07) is 11.5. The SMILES string of the molecule is NC(=O)CSc1nnc(-c2ccccc2Cl)n1-c1cccc(C(F)(F)F)c1. The highest BCUT2D eigenvalue weighted by Crippen LogP contribution is 2.34. The fourth-order valence-corrected chi connectivity index (χ4v) is 3.28. The van der Waals surface area contributed by atoms with E-state index in [1.807, 2.05) is 0 Å². The normalized spacial score (nSPS) is 11.6. The van der Waals surface area contributed by atoms with Crippen LogP contribution in [0.3, 0.4) is 0 Å². The fourth-order valence-electron chi connectivity index (χ4n) is 2.37. The molecular formula is C17H12ClF3N4OS. The Kier molecular flexibility index (Phi) is 5.43. The maximum absolute atomic E-state index is 13.1. The third kappa shape index (κ3) is 4.25. The van der Waals surface area contributed by atoms with E-state index in [1.54, 1.807) is 24.3 Å². The van der Waals surface area contributed by atoms with Crippen LogP contribution in [0.15, 0.2) is 53.7 Å². The Labute approximate surface area is 161 Å². The van der Waals surface area contributed by atoms with Crippen molar-refractivity contribution in [1.29, 1.82) is 0 Å². The standard InChI is InChI=1S/C17H12ClF3N4OS/c18-13-7-2-1-6-12(13)15-23-24-16(27-9-14(22)26)25(15)11-5-3-4-10(8-11)17(19,20)21/h1-8H,9H2,(H2,22,26). The second kappa shape index (κ2) is 7.61. The molecule has 10 heteroatoms. The number of carbonyl (C=O) groups is 1. The molecule has 0 bridgehead atoms. The molecule has 0 aliphatic rings. The van der Waals surface area contributed by atoms with Crippen molar-refractivity contribution in [1.82, 2.24) is 14.8 Å². The summed E-state index contributed by atoms with van der Waals surface area (Å²) in [6.45, 7) is 0. The number of thioether (sulfide) groups is 1. The van der Waals surface area contributed by atoms with Crippen LogP contribution >= 0.6 is 23.4 Å². The van der Waals surface area contributed by atoms with Crippen molar-refractivity contribution >= 4 is 29.3 Å². The molecule has 1 amide bonds. The van der Waals surface area contributed by atoms with Crippen molar-refractivity contribution in [3.05, 3.63) is 59.1 Å². The molecule has 2 N–H and O–H groups in total. The Morgan fingerprint density at radius 2 is 1.89 bits per heavy atom. The molecular weight excluding hydrogens is 401 g/mol. The topological polar surface area (TPSA) is 73.8 Å². The van der Waals surface area contributed by atoms with Crippen LogP contribution in [0.1, 0.15) is 5.56 Å². The predicted octanol–water partition coefficient (Wildman–Crippen LogP) is 4.18. The lowest BCUT2D eigenvalue weighted by atomic mass is 10.1. The number of rotatable bonds is 5. The van der Waals surface area contributed by atoms with Gasteiger partial charge in [0.1, 0.15) is 0 Å². The summed E-state index contributed by atoms with van der Waals surface area (Å²) >= 11 is 7.19. The lowest BCUT2D eigenvalue weighted by Gasteiger charge is -2.13. The van der Waals surface area contributed by atoms with E-state index >= 15 is 0 Å². The van der Waals surface area contributed by atoms with E-state index in [-0.39, 0.29) is 22.4 Å². The Bertz CT molecular complexity index is 990. The molecule has 0 saturated heterocycles. The number of alkyl halides is 3. The summed E-state index contributed by atoms with van der Waals surface area (Å²) in [5.74, 6) is -0.427. The van der Waals surface area contributed by atoms with Gasteiger partial charge in [-0.25, -0.2) is 0 Å². The van der Waals surface area contributed by atoms with Crippen LogP contribution in [-0.4, -0.2) is 26.4 Å². The number of primary amides is 1. The molecule has 0 atom stereocenters. The number of amides is 1. The largest absolute Gasteiger partial charge is 0.416 e. The Morgan fingerprint density at radius 1 is 1.15 bits per heavy atom. The van der Waals surface area contributed by atoms with E-state index in [9.17, 15) is 18.0 Å². The van der Waals surface area contributed by atoms with Gasteiger partial charge in [-0.3, -0.25) is 9.36 Å². The Morgan fingerprint density at radius 3 is 2.56 bits per heavy atom. The Hall–Kier alpha value is -2.52. The quantitative estimate of drug-likeness (QED) is 0.638. The molecule has 0 saturated carbocycles. The summed E-state index contributed by atoms with van der Waals surface area (Å²) in [4.78, 5) is 11.1. The molecule has 1 heterocycles. The number of halogens is 4. The van der Waals surface area contributed by atoms with Crippen molar-refractivity contribution in [2.45, 2.75) is 11.3 Å². The number of hydrogen-bond acceptors (Lipinski definition) is 4. The summed E-state index contributed by atoms with van der Waals surface area (Å²) in [5, 5.41) is 8.66. The summed E-state index contributed by atoms with van der Waals surface area (Å²) in [7, 11) is 0. The first kappa shape index (κ1) is 19.2. The zero-order valence-electron chi connectivity index (χ0n) is 13.6. The smallest absolute Gasteiger partial charge is 0.369 e. The fraction of sp³-hybridized carbons (Fsp3) is 0.118. The first-order valence-electron chi connectivity index (χ1n) is 7.56. The molecule has 0 spiro atoms. The second-order valence-corrected chi connectivity index (χ2v) is 6.77. The molecule has 0 aliphatic heterocycles. The first-order chi connectivity index (χ1) is 12.8. The minimum atomic E-state index is -4.50. The summed E-state index contributed by atoms with van der Waals surface area (Å²) < 4.78 is 40.8. The lowest BCUT2D eigenvalue weighted by molar-refractivity contribution is -0.137. The maximum Gasteiger partial charge on any atom is 0.416 e. The van der Waals surface area contributed by atoms with Crippen LogP contribution in [0.25, 0.3) is 17.1 Å². The number of hydrogen-bond donors (Lipinski definition) is 1. The molecule has 0 aliphatic carbocycles. The monoisotopic (exact) mass is 412 g/mol. The molecule has 0 radical (unpaired) electrons. The van der Waals surface area contributed by atoms with Crippen LogP contribution in [0, 0.1) is 0 Å². The highest BCUT2D eigenvalue weighted by Gasteiger charge is 2.31. The highest BCUT2D eigenvalue weighted by molar-refractivity contribution is 7.99. The maximum atomic E-state index is 13.1. The number of nitrogens with two attached hydrogens (primary N) is 1. The average Bonchev–Trinajstić information content (AvgIpc) is 3.03. The van der Waals surface area contributed by atoms with E-state index in [0.29, 0.717) is 10.6 Å². The zero-order chi connectivity index (χ0) is 19.6. The third-order valence-corrected chi connectivity index (χ3v) is 4.80. The second-order valence-electron chi connectivity index (χ2n) is 5.42. The molecule has 140 valence electrons. The minimum absolute atomic E-state index is 0.0976. The van der Waals surface area contributed by atoms with Gasteiger partial charge in [-0.15, -0.1) is 10.2 Å². The van der Waals surface area contributed by atoms with Crippen molar-refractivity contribution in [2.24, 2.45) is 5.73 Å². The third-order valence-electron chi connectivity index (χ3n) is 3.52. The molecule has 1 aromatic heterocycles. The van der Waals surface area contributed by atoms with Gasteiger partial charge in [-0.1, -0.05) is 41.6 Å². The van der Waals surface area contributed by atoms with E-state index < -0.39 is 17.6 Å². The summed E-state index contributed by atoms with van der Waals surface area (Å²) in [5.41, 5.74) is 5.04. The van der Waals surface area contributed by atoms with Crippen molar-refractivity contribution in [2.75, 3.05) is 5.75 Å². The van der Waals surface area contributed by atoms with Gasteiger partial charge < -0.3 is 5.73 Å². The molecule has 0 fully saturated rings. The molecule has 0 unspecified atom stereocenters. The van der Waals surface area contributed by atoms with Crippen molar-refractivity contribution in [3.63, 3.8) is 0 Å². The van der Waals surface area contributed by atoms with Gasteiger partial charge in [0.05, 0.1) is 22.0 Å². The summed E-state index contributed by atoms with van der Waals surface area (Å²) in [6.07, 6.45) is -4.50. The van der Waals surface area contributed by atoms with Crippen LogP contribution in [-0.2, 0) is 11.0 Å². The van der Waals surface area contributed by atoms with Crippen molar-refractivity contribution in [3.8, 4) is 17.1 Å². The predicted molar refractivity (Wildman–Crippen MR) is 96.7 cm³/mol. The zero-order valence-corrected chi connectivity index (χ0v) is 15.1. The van der Waals surface area contributed by atoms with Gasteiger partial charge in [-0.05, 0) is 30.3 Å². The Balaban J connectivity index is 2.18. The average molecular weight is 413 g/mol. The molecule has 27 heavy (non-hydrogen) atoms. The minimum Gasteiger partial charge on any atom is -0.369 e. The van der Waals surface area contributed by atoms with Crippen LogP contribution in [0.2, 0.25) is 5.02 Å². The lowest BCUT2D eigenvalue weighted by Crippen LogP contribution is -2.14. The van der Waals surface area contributed by atoms with E-state index in [1.165, 1.54) is 16.7 Å². The molecule has 3 aromatic rings. The van der Waals surface area contributed by atoms with Gasteiger partial charge in [0.2, 0.25) is 5.91 Å². The van der Waals surface area contributed by atoms with Gasteiger partial charge in [-0.2, -0.15) is 13.2 Å².